The van der Waals surface area contributed by atoms with Crippen molar-refractivity contribution in [3.63, 3.8) is 0 Å². The van der Waals surface area contributed by atoms with Gasteiger partial charge in [0.15, 0.2) is 6.10 Å². The molecule has 2 heterocycles. The summed E-state index contributed by atoms with van der Waals surface area (Å²) in [7, 11) is 0. The molecule has 0 aliphatic carbocycles. The molecule has 0 spiro atoms. The van der Waals surface area contributed by atoms with Crippen molar-refractivity contribution in [1.82, 2.24) is 9.38 Å². The SMILES string of the molecule is Cc1ccc2nc(COc3ccc(NC(=O)C(C)Oc4ccccc4)cc3)cc(=O)n2c1. The number of fused-ring (bicyclic) bond motifs is 1. The number of rotatable bonds is 7. The minimum absolute atomic E-state index is 0.151. The molecule has 4 aromatic rings. The van der Waals surface area contributed by atoms with Crippen LogP contribution in [0.25, 0.3) is 5.65 Å². The van der Waals surface area contributed by atoms with E-state index in [9.17, 15) is 9.59 Å². The first-order valence-electron chi connectivity index (χ1n) is 10.2. The summed E-state index contributed by atoms with van der Waals surface area (Å²) < 4.78 is 12.9. The van der Waals surface area contributed by atoms with E-state index in [1.54, 1.807) is 55.6 Å². The van der Waals surface area contributed by atoms with Gasteiger partial charge in [0.05, 0.1) is 5.69 Å². The molecule has 2 aromatic heterocycles. The van der Waals surface area contributed by atoms with Crippen LogP contribution in [0.4, 0.5) is 5.69 Å². The van der Waals surface area contributed by atoms with Crippen molar-refractivity contribution in [3.05, 3.63) is 101 Å². The molecule has 7 heteroatoms. The van der Waals surface area contributed by atoms with Crippen molar-refractivity contribution in [3.8, 4) is 11.5 Å². The number of aromatic nitrogens is 2. The number of para-hydroxylation sites is 1. The predicted molar refractivity (Wildman–Crippen MR) is 122 cm³/mol. The molecule has 32 heavy (non-hydrogen) atoms. The maximum absolute atomic E-state index is 12.4. The average Bonchev–Trinajstić information content (AvgIpc) is 2.80. The van der Waals surface area contributed by atoms with Gasteiger partial charge in [-0.05, 0) is 61.9 Å². The van der Waals surface area contributed by atoms with Crippen LogP contribution in [-0.2, 0) is 11.4 Å². The molecule has 162 valence electrons. The van der Waals surface area contributed by atoms with Crippen LogP contribution in [-0.4, -0.2) is 21.4 Å². The highest BCUT2D eigenvalue weighted by Crippen LogP contribution is 2.18. The van der Waals surface area contributed by atoms with Crippen LogP contribution in [0.5, 0.6) is 11.5 Å². The molecule has 2 aromatic carbocycles. The third-order valence-corrected chi connectivity index (χ3v) is 4.79. The first-order chi connectivity index (χ1) is 15.5. The number of aryl methyl sites for hydroxylation is 1. The molecule has 0 fully saturated rings. The monoisotopic (exact) mass is 429 g/mol. The zero-order valence-corrected chi connectivity index (χ0v) is 17.8. The van der Waals surface area contributed by atoms with Crippen molar-refractivity contribution in [2.75, 3.05) is 5.32 Å². The normalized spacial score (nSPS) is 11.7. The minimum Gasteiger partial charge on any atom is -0.487 e. The lowest BCUT2D eigenvalue weighted by Gasteiger charge is -2.15. The summed E-state index contributed by atoms with van der Waals surface area (Å²) in [6, 6.07) is 21.4. The Morgan fingerprint density at radius 3 is 2.53 bits per heavy atom. The Morgan fingerprint density at radius 1 is 1.03 bits per heavy atom. The second-order valence-corrected chi connectivity index (χ2v) is 7.40. The van der Waals surface area contributed by atoms with E-state index in [2.05, 4.69) is 10.3 Å². The summed E-state index contributed by atoms with van der Waals surface area (Å²) in [4.78, 5) is 29.1. The highest BCUT2D eigenvalue weighted by molar-refractivity contribution is 5.94. The van der Waals surface area contributed by atoms with Gasteiger partial charge in [-0.2, -0.15) is 0 Å². The highest BCUT2D eigenvalue weighted by Gasteiger charge is 2.14. The summed E-state index contributed by atoms with van der Waals surface area (Å²) in [6.07, 6.45) is 1.11. The standard InChI is InChI=1S/C25H23N3O4/c1-17-8-13-23-26-20(14-24(29)28(23)15-17)16-31-21-11-9-19(10-12-21)27-25(30)18(2)32-22-6-4-3-5-7-22/h3-15,18H,16H2,1-2H3,(H,27,30). The fourth-order valence-corrected chi connectivity index (χ4v) is 3.12. The Kier molecular flexibility index (Phi) is 6.17. The van der Waals surface area contributed by atoms with Crippen LogP contribution < -0.4 is 20.3 Å². The molecule has 1 N–H and O–H groups in total. The summed E-state index contributed by atoms with van der Waals surface area (Å²) in [5, 5.41) is 2.82. The van der Waals surface area contributed by atoms with Gasteiger partial charge < -0.3 is 14.8 Å². The highest BCUT2D eigenvalue weighted by atomic mass is 16.5. The van der Waals surface area contributed by atoms with Gasteiger partial charge in [0.1, 0.15) is 23.8 Å². The van der Waals surface area contributed by atoms with Crippen LogP contribution >= 0.6 is 0 Å². The Hall–Kier alpha value is -4.13. The van der Waals surface area contributed by atoms with Crippen molar-refractivity contribution >= 4 is 17.2 Å². The second kappa shape index (κ2) is 9.34. The summed E-state index contributed by atoms with van der Waals surface area (Å²) in [6.45, 7) is 3.78. The summed E-state index contributed by atoms with van der Waals surface area (Å²) >= 11 is 0. The largest absolute Gasteiger partial charge is 0.487 e. The van der Waals surface area contributed by atoms with E-state index < -0.39 is 6.10 Å². The summed E-state index contributed by atoms with van der Waals surface area (Å²) in [5.41, 5.74) is 2.58. The molecule has 0 radical (unpaired) electrons. The fourth-order valence-electron chi connectivity index (χ4n) is 3.12. The van der Waals surface area contributed by atoms with E-state index >= 15 is 0 Å². The number of benzene rings is 2. The quantitative estimate of drug-likeness (QED) is 0.480. The van der Waals surface area contributed by atoms with Crippen molar-refractivity contribution in [2.45, 2.75) is 26.6 Å². The number of carbonyl (C=O) groups excluding carboxylic acids is 1. The number of nitrogens with zero attached hydrogens (tertiary/aromatic N) is 2. The molecule has 0 saturated heterocycles. The number of pyridine rings is 1. The van der Waals surface area contributed by atoms with Gasteiger partial charge in [-0.15, -0.1) is 0 Å². The van der Waals surface area contributed by atoms with Gasteiger partial charge in [0, 0.05) is 18.0 Å². The van der Waals surface area contributed by atoms with E-state index in [0.29, 0.717) is 28.5 Å². The lowest BCUT2D eigenvalue weighted by atomic mass is 10.2. The van der Waals surface area contributed by atoms with Crippen LogP contribution in [0.2, 0.25) is 0 Å². The van der Waals surface area contributed by atoms with Gasteiger partial charge >= 0.3 is 0 Å². The van der Waals surface area contributed by atoms with Crippen LogP contribution in [0, 0.1) is 6.92 Å². The van der Waals surface area contributed by atoms with E-state index in [1.807, 2.05) is 31.2 Å². The molecule has 0 bridgehead atoms. The molecule has 0 aliphatic heterocycles. The van der Waals surface area contributed by atoms with Gasteiger partial charge in [0.2, 0.25) is 0 Å². The lowest BCUT2D eigenvalue weighted by Crippen LogP contribution is -2.30. The number of hydrogen-bond donors (Lipinski definition) is 1. The third kappa shape index (κ3) is 5.13. The van der Waals surface area contributed by atoms with Crippen LogP contribution in [0.1, 0.15) is 18.2 Å². The van der Waals surface area contributed by atoms with Crippen molar-refractivity contribution in [2.24, 2.45) is 0 Å². The van der Waals surface area contributed by atoms with Crippen molar-refractivity contribution in [1.29, 1.82) is 0 Å². The zero-order chi connectivity index (χ0) is 22.5. The molecule has 1 atom stereocenters. The Labute approximate surface area is 185 Å². The number of carbonyl (C=O) groups is 1. The molecule has 1 unspecified atom stereocenters. The number of amides is 1. The zero-order valence-electron chi connectivity index (χ0n) is 17.8. The second-order valence-electron chi connectivity index (χ2n) is 7.40. The molecular weight excluding hydrogens is 406 g/mol. The first kappa shape index (κ1) is 21.1. The number of hydrogen-bond acceptors (Lipinski definition) is 5. The smallest absolute Gasteiger partial charge is 0.265 e. The fraction of sp³-hybridized carbons (Fsp3) is 0.160. The van der Waals surface area contributed by atoms with Crippen LogP contribution in [0.3, 0.4) is 0 Å². The Balaban J connectivity index is 1.35. The average molecular weight is 429 g/mol. The predicted octanol–water partition coefficient (Wildman–Crippen LogP) is 3.99. The Morgan fingerprint density at radius 2 is 1.78 bits per heavy atom. The number of ether oxygens (including phenoxy) is 2. The lowest BCUT2D eigenvalue weighted by molar-refractivity contribution is -0.122. The molecule has 1 amide bonds. The van der Waals surface area contributed by atoms with E-state index in [4.69, 9.17) is 9.47 Å². The maximum Gasteiger partial charge on any atom is 0.265 e. The van der Waals surface area contributed by atoms with E-state index in [1.165, 1.54) is 10.5 Å². The van der Waals surface area contributed by atoms with E-state index in [-0.39, 0.29) is 18.1 Å². The molecule has 0 aliphatic rings. The van der Waals surface area contributed by atoms with E-state index in [0.717, 1.165) is 5.56 Å². The number of anilines is 1. The molecule has 7 nitrogen and oxygen atoms in total. The van der Waals surface area contributed by atoms with Gasteiger partial charge in [-0.1, -0.05) is 24.3 Å². The van der Waals surface area contributed by atoms with Crippen molar-refractivity contribution < 1.29 is 14.3 Å². The molecular formula is C25H23N3O4. The third-order valence-electron chi connectivity index (χ3n) is 4.79. The maximum atomic E-state index is 12.4. The van der Waals surface area contributed by atoms with Gasteiger partial charge in [0.25, 0.3) is 11.5 Å². The molecule has 4 rings (SSSR count). The summed E-state index contributed by atoms with van der Waals surface area (Å²) in [5.74, 6) is 0.983. The molecule has 0 saturated carbocycles. The Bertz CT molecular complexity index is 1280. The number of nitrogens with one attached hydrogen (secondary N) is 1. The first-order valence-corrected chi connectivity index (χ1v) is 10.2. The van der Waals surface area contributed by atoms with Crippen LogP contribution in [0.15, 0.2) is 83.8 Å². The van der Waals surface area contributed by atoms with Gasteiger partial charge in [-0.25, -0.2) is 4.98 Å². The minimum atomic E-state index is -0.643. The topological polar surface area (TPSA) is 81.9 Å². The van der Waals surface area contributed by atoms with Gasteiger partial charge in [-0.3, -0.25) is 14.0 Å².